The maximum Gasteiger partial charge on any atom is 0.191 e. The lowest BCUT2D eigenvalue weighted by atomic mass is 10.1. The summed E-state index contributed by atoms with van der Waals surface area (Å²) in [5, 5.41) is 6.80. The number of rotatable bonds is 9. The Hall–Kier alpha value is -0.850. The van der Waals surface area contributed by atoms with Gasteiger partial charge >= 0.3 is 0 Å². The highest BCUT2D eigenvalue weighted by molar-refractivity contribution is 5.79. The smallest absolute Gasteiger partial charge is 0.191 e. The number of nitrogens with zero attached hydrogens (tertiary/aromatic N) is 3. The molecule has 0 radical (unpaired) electrons. The molecule has 1 saturated carbocycles. The third kappa shape index (κ3) is 8.79. The van der Waals surface area contributed by atoms with Gasteiger partial charge in [-0.05, 0) is 33.2 Å². The highest BCUT2D eigenvalue weighted by Crippen LogP contribution is 2.19. The summed E-state index contributed by atoms with van der Waals surface area (Å²) in [7, 11) is 0. The molecule has 2 fully saturated rings. The van der Waals surface area contributed by atoms with Gasteiger partial charge in [0.05, 0.1) is 19.3 Å². The van der Waals surface area contributed by atoms with Crippen LogP contribution in [-0.4, -0.2) is 86.9 Å². The lowest BCUT2D eigenvalue weighted by Gasteiger charge is -2.37. The molecule has 27 heavy (non-hydrogen) atoms. The van der Waals surface area contributed by atoms with Gasteiger partial charge in [0.15, 0.2) is 5.96 Å². The number of likely N-dealkylation sites (N-methyl/N-ethyl adjacent to an activating group) is 1. The summed E-state index contributed by atoms with van der Waals surface area (Å²) in [5.41, 5.74) is 0. The molecule has 1 heterocycles. The second-order valence-corrected chi connectivity index (χ2v) is 7.95. The number of piperazine rings is 1. The summed E-state index contributed by atoms with van der Waals surface area (Å²) in [6.07, 6.45) is 8.34. The Morgan fingerprint density at radius 3 is 2.37 bits per heavy atom. The highest BCUT2D eigenvalue weighted by atomic mass is 16.5. The van der Waals surface area contributed by atoms with E-state index in [4.69, 9.17) is 9.73 Å². The lowest BCUT2D eigenvalue weighted by molar-refractivity contribution is 0.0468. The third-order valence-electron chi connectivity index (χ3n) is 5.89. The van der Waals surface area contributed by atoms with Gasteiger partial charge in [-0.1, -0.05) is 32.6 Å². The van der Waals surface area contributed by atoms with Crippen LogP contribution in [0.15, 0.2) is 4.99 Å². The number of guanidine groups is 1. The van der Waals surface area contributed by atoms with Crippen molar-refractivity contribution >= 4 is 5.96 Å². The highest BCUT2D eigenvalue weighted by Gasteiger charge is 2.20. The first-order valence-corrected chi connectivity index (χ1v) is 11.3. The zero-order valence-corrected chi connectivity index (χ0v) is 18.0. The molecule has 2 N–H and O–H groups in total. The largest absolute Gasteiger partial charge is 0.376 e. The monoisotopic (exact) mass is 381 g/mol. The molecule has 6 heteroatoms. The number of hydrogen-bond donors (Lipinski definition) is 2. The van der Waals surface area contributed by atoms with Crippen molar-refractivity contribution in [3.63, 3.8) is 0 Å². The molecule has 0 spiro atoms. The molecule has 1 saturated heterocycles. The first-order chi connectivity index (χ1) is 13.2. The molecular formula is C21H43N5O. The van der Waals surface area contributed by atoms with Crippen LogP contribution in [0.5, 0.6) is 0 Å². The van der Waals surface area contributed by atoms with E-state index >= 15 is 0 Å². The van der Waals surface area contributed by atoms with E-state index < -0.39 is 0 Å². The van der Waals surface area contributed by atoms with Crippen LogP contribution < -0.4 is 10.6 Å². The molecule has 158 valence electrons. The normalized spacial score (nSPS) is 22.4. The Kier molecular flexibility index (Phi) is 11.1. The number of hydrogen-bond acceptors (Lipinski definition) is 4. The van der Waals surface area contributed by atoms with Gasteiger partial charge in [0.2, 0.25) is 0 Å². The summed E-state index contributed by atoms with van der Waals surface area (Å²) >= 11 is 0. The van der Waals surface area contributed by atoms with Crippen LogP contribution in [0.25, 0.3) is 0 Å². The SMILES string of the molecule is CCNC(=NCC(C)N1CCN(CC)CC1)NCCOC1CCCCCC1. The molecular weight excluding hydrogens is 338 g/mol. The molecule has 0 bridgehead atoms. The molecule has 0 aromatic rings. The Labute approximate surface area is 167 Å². The lowest BCUT2D eigenvalue weighted by Crippen LogP contribution is -2.50. The van der Waals surface area contributed by atoms with E-state index in [1.54, 1.807) is 0 Å². The Morgan fingerprint density at radius 1 is 1.04 bits per heavy atom. The van der Waals surface area contributed by atoms with E-state index in [1.807, 2.05) is 0 Å². The molecule has 1 aliphatic carbocycles. The van der Waals surface area contributed by atoms with Gasteiger partial charge in [-0.2, -0.15) is 0 Å². The van der Waals surface area contributed by atoms with E-state index in [2.05, 4.69) is 41.2 Å². The second kappa shape index (κ2) is 13.3. The average molecular weight is 382 g/mol. The first-order valence-electron chi connectivity index (χ1n) is 11.3. The summed E-state index contributed by atoms with van der Waals surface area (Å²) in [5.74, 6) is 0.918. The van der Waals surface area contributed by atoms with Crippen molar-refractivity contribution in [2.75, 3.05) is 59.0 Å². The van der Waals surface area contributed by atoms with Gasteiger partial charge in [0, 0.05) is 45.3 Å². The molecule has 1 atom stereocenters. The van der Waals surface area contributed by atoms with Crippen LogP contribution in [0.4, 0.5) is 0 Å². The minimum absolute atomic E-state index is 0.468. The summed E-state index contributed by atoms with van der Waals surface area (Å²) in [4.78, 5) is 9.89. The van der Waals surface area contributed by atoms with Gasteiger partial charge in [-0.15, -0.1) is 0 Å². The van der Waals surface area contributed by atoms with Gasteiger partial charge in [0.25, 0.3) is 0 Å². The predicted octanol–water partition coefficient (Wildman–Crippen LogP) is 2.31. The standard InChI is InChI=1S/C21H43N5O/c1-4-22-21(23-12-17-27-20-10-8-6-7-9-11-20)24-18-19(3)26-15-13-25(5-2)14-16-26/h19-20H,4-18H2,1-3H3,(H2,22,23,24). The van der Waals surface area contributed by atoms with Gasteiger partial charge in [-0.3, -0.25) is 9.89 Å². The van der Waals surface area contributed by atoms with Crippen LogP contribution in [0.2, 0.25) is 0 Å². The molecule has 0 aromatic heterocycles. The zero-order chi connectivity index (χ0) is 19.3. The number of ether oxygens (including phenoxy) is 1. The fourth-order valence-electron chi connectivity index (χ4n) is 4.00. The van der Waals surface area contributed by atoms with E-state index in [0.29, 0.717) is 12.1 Å². The summed E-state index contributed by atoms with van der Waals surface area (Å²) in [6, 6.07) is 0.488. The van der Waals surface area contributed by atoms with Crippen molar-refractivity contribution in [3.05, 3.63) is 0 Å². The maximum absolute atomic E-state index is 6.07. The topological polar surface area (TPSA) is 52.1 Å². The van der Waals surface area contributed by atoms with Crippen molar-refractivity contribution in [2.45, 2.75) is 71.4 Å². The summed E-state index contributed by atoms with van der Waals surface area (Å²) in [6.45, 7) is 15.8. The van der Waals surface area contributed by atoms with Crippen LogP contribution in [-0.2, 0) is 4.74 Å². The Bertz CT molecular complexity index is 401. The van der Waals surface area contributed by atoms with Gasteiger partial charge in [-0.25, -0.2) is 0 Å². The van der Waals surface area contributed by atoms with Gasteiger partial charge < -0.3 is 20.3 Å². The van der Waals surface area contributed by atoms with Crippen molar-refractivity contribution in [3.8, 4) is 0 Å². The number of aliphatic imine (C=N–C) groups is 1. The first kappa shape index (κ1) is 22.4. The molecule has 1 unspecified atom stereocenters. The fraction of sp³-hybridized carbons (Fsp3) is 0.952. The fourth-order valence-corrected chi connectivity index (χ4v) is 4.00. The van der Waals surface area contributed by atoms with Crippen LogP contribution in [0.3, 0.4) is 0 Å². The Balaban J connectivity index is 1.66. The molecule has 2 aliphatic rings. The van der Waals surface area contributed by atoms with E-state index in [0.717, 1.165) is 51.8 Å². The van der Waals surface area contributed by atoms with Gasteiger partial charge in [0.1, 0.15) is 0 Å². The number of nitrogens with one attached hydrogen (secondary N) is 2. The predicted molar refractivity (Wildman–Crippen MR) is 115 cm³/mol. The van der Waals surface area contributed by atoms with Crippen molar-refractivity contribution in [2.24, 2.45) is 4.99 Å². The molecule has 0 aromatic carbocycles. The minimum atomic E-state index is 0.468. The van der Waals surface area contributed by atoms with E-state index in [1.165, 1.54) is 51.6 Å². The van der Waals surface area contributed by atoms with E-state index in [9.17, 15) is 0 Å². The quantitative estimate of drug-likeness (QED) is 0.278. The minimum Gasteiger partial charge on any atom is -0.376 e. The second-order valence-electron chi connectivity index (χ2n) is 7.95. The molecule has 1 aliphatic heterocycles. The maximum atomic E-state index is 6.07. The third-order valence-corrected chi connectivity index (χ3v) is 5.89. The zero-order valence-electron chi connectivity index (χ0n) is 18.0. The van der Waals surface area contributed by atoms with Crippen LogP contribution in [0.1, 0.15) is 59.3 Å². The van der Waals surface area contributed by atoms with Crippen LogP contribution in [0, 0.1) is 0 Å². The van der Waals surface area contributed by atoms with Crippen LogP contribution >= 0.6 is 0 Å². The van der Waals surface area contributed by atoms with Crippen molar-refractivity contribution in [1.82, 2.24) is 20.4 Å². The average Bonchev–Trinajstić information content (AvgIpc) is 2.98. The Morgan fingerprint density at radius 2 is 1.74 bits per heavy atom. The summed E-state index contributed by atoms with van der Waals surface area (Å²) < 4.78 is 6.07. The molecule has 2 rings (SSSR count). The van der Waals surface area contributed by atoms with E-state index in [-0.39, 0.29) is 0 Å². The van der Waals surface area contributed by atoms with Crippen molar-refractivity contribution < 1.29 is 4.74 Å². The molecule has 6 nitrogen and oxygen atoms in total. The van der Waals surface area contributed by atoms with Crippen molar-refractivity contribution in [1.29, 1.82) is 0 Å². The molecule has 0 amide bonds.